The van der Waals surface area contributed by atoms with Gasteiger partial charge in [-0.05, 0) is 128 Å². The number of hydrogen-bond acceptors (Lipinski definition) is 2. The van der Waals surface area contributed by atoms with E-state index in [1.807, 2.05) is 0 Å². The minimum Gasteiger partial charge on any atom is -0.310 e. The Morgan fingerprint density at radius 1 is 0.378 bits per heavy atom. The van der Waals surface area contributed by atoms with E-state index in [1.54, 1.807) is 0 Å². The lowest BCUT2D eigenvalue weighted by atomic mass is 9.84. The van der Waals surface area contributed by atoms with Gasteiger partial charge in [0.25, 0.3) is 0 Å². The highest BCUT2D eigenvalue weighted by Crippen LogP contribution is 2.43. The van der Waals surface area contributed by atoms with Gasteiger partial charge in [0, 0.05) is 28.4 Å². The molecule has 0 aliphatic heterocycles. The predicted molar refractivity (Wildman–Crippen MR) is 197 cm³/mol. The third-order valence-electron chi connectivity index (χ3n) is 8.83. The van der Waals surface area contributed by atoms with Crippen LogP contribution in [0.25, 0.3) is 0 Å². The zero-order valence-electron chi connectivity index (χ0n) is 29.2. The summed E-state index contributed by atoms with van der Waals surface area (Å²) in [5.41, 5.74) is 16.2. The van der Waals surface area contributed by atoms with Gasteiger partial charge in [-0.3, -0.25) is 0 Å². The second-order valence-corrected chi connectivity index (χ2v) is 14.8. The van der Waals surface area contributed by atoms with Gasteiger partial charge in [-0.2, -0.15) is 0 Å². The van der Waals surface area contributed by atoms with E-state index in [0.717, 1.165) is 22.7 Å². The average molecular weight is 595 g/mol. The number of anilines is 6. The Morgan fingerprint density at radius 3 is 1.11 bits per heavy atom. The summed E-state index contributed by atoms with van der Waals surface area (Å²) in [5, 5.41) is 0. The summed E-state index contributed by atoms with van der Waals surface area (Å²) in [7, 11) is 0. The number of rotatable bonds is 6. The number of aryl methyl sites for hydroxylation is 5. The van der Waals surface area contributed by atoms with Gasteiger partial charge in [0.05, 0.1) is 5.69 Å². The van der Waals surface area contributed by atoms with E-state index in [1.165, 1.54) is 50.3 Å². The van der Waals surface area contributed by atoms with Crippen molar-refractivity contribution in [1.29, 1.82) is 0 Å². The summed E-state index contributed by atoms with van der Waals surface area (Å²) >= 11 is 0. The summed E-state index contributed by atoms with van der Waals surface area (Å²) in [6.07, 6.45) is 0. The second kappa shape index (κ2) is 12.2. The van der Waals surface area contributed by atoms with Crippen molar-refractivity contribution in [1.82, 2.24) is 0 Å². The lowest BCUT2D eigenvalue weighted by Crippen LogP contribution is -2.17. The molecular formula is C43H50N2. The van der Waals surface area contributed by atoms with Crippen LogP contribution in [0.4, 0.5) is 34.1 Å². The van der Waals surface area contributed by atoms with E-state index < -0.39 is 0 Å². The van der Waals surface area contributed by atoms with Crippen molar-refractivity contribution in [2.24, 2.45) is 0 Å². The van der Waals surface area contributed by atoms with E-state index in [4.69, 9.17) is 0 Å². The Labute approximate surface area is 272 Å². The Bertz CT molecular complexity index is 1760. The van der Waals surface area contributed by atoms with Crippen LogP contribution in [-0.4, -0.2) is 0 Å². The smallest absolute Gasteiger partial charge is 0.0520 e. The number of hydrogen-bond donors (Lipinski definition) is 0. The van der Waals surface area contributed by atoms with Gasteiger partial charge in [0.1, 0.15) is 0 Å². The van der Waals surface area contributed by atoms with Gasteiger partial charge in [0.2, 0.25) is 0 Å². The number of nitrogens with zero attached hydrogens (tertiary/aromatic N) is 2. The molecule has 5 rings (SSSR count). The van der Waals surface area contributed by atoms with Crippen LogP contribution in [0.15, 0.2) is 103 Å². The van der Waals surface area contributed by atoms with Gasteiger partial charge in [0.15, 0.2) is 0 Å². The molecule has 0 unspecified atom stereocenters. The maximum absolute atomic E-state index is 2.42. The van der Waals surface area contributed by atoms with Gasteiger partial charge >= 0.3 is 0 Å². The molecule has 5 aromatic rings. The average Bonchev–Trinajstić information content (AvgIpc) is 2.97. The first-order chi connectivity index (χ1) is 21.1. The molecule has 0 N–H and O–H groups in total. The van der Waals surface area contributed by atoms with E-state index in [2.05, 4.69) is 189 Å². The Hall–Kier alpha value is -4.30. The second-order valence-electron chi connectivity index (χ2n) is 14.8. The fourth-order valence-corrected chi connectivity index (χ4v) is 6.09. The standard InChI is InChI=1S/C43H50N2/c1-29-12-17-36(18-13-29)44(40-25-16-34(26-31(40)3)42(6,7)8)37-21-23-39(24-22-37)45(38-19-14-30(2)15-20-38)41-32(4)27-35(28-33(41)5)43(9,10)11/h12-28H,1-11H3. The fourth-order valence-electron chi connectivity index (χ4n) is 6.09. The molecule has 0 aliphatic rings. The highest BCUT2D eigenvalue weighted by atomic mass is 15.2. The highest BCUT2D eigenvalue weighted by Gasteiger charge is 2.23. The first-order valence-electron chi connectivity index (χ1n) is 16.2. The lowest BCUT2D eigenvalue weighted by Gasteiger charge is -2.32. The van der Waals surface area contributed by atoms with Crippen molar-refractivity contribution < 1.29 is 0 Å². The normalized spacial score (nSPS) is 11.9. The molecule has 5 aromatic carbocycles. The van der Waals surface area contributed by atoms with Crippen LogP contribution in [0.5, 0.6) is 0 Å². The van der Waals surface area contributed by atoms with Crippen molar-refractivity contribution in [3.63, 3.8) is 0 Å². The van der Waals surface area contributed by atoms with E-state index in [9.17, 15) is 0 Å². The molecule has 0 aromatic heterocycles. The maximum atomic E-state index is 2.42. The van der Waals surface area contributed by atoms with Crippen LogP contribution in [0, 0.1) is 34.6 Å². The molecule has 232 valence electrons. The van der Waals surface area contributed by atoms with E-state index in [-0.39, 0.29) is 10.8 Å². The largest absolute Gasteiger partial charge is 0.310 e. The molecule has 0 fully saturated rings. The zero-order chi connectivity index (χ0) is 32.7. The fraction of sp³-hybridized carbons (Fsp3) is 0.302. The first-order valence-corrected chi connectivity index (χ1v) is 16.2. The minimum absolute atomic E-state index is 0.0903. The number of benzene rings is 5. The van der Waals surface area contributed by atoms with E-state index in [0.29, 0.717) is 0 Å². The molecule has 0 spiro atoms. The quantitative estimate of drug-likeness (QED) is 0.193. The van der Waals surface area contributed by atoms with Crippen LogP contribution in [0.3, 0.4) is 0 Å². The SMILES string of the molecule is Cc1ccc(N(c2ccc(N(c3ccc(C)cc3)c3c(C)cc(C(C)(C)C)cc3C)cc2)c2ccc(C(C)(C)C)cc2C)cc1. The Kier molecular flexibility index (Phi) is 8.73. The molecule has 0 aliphatic carbocycles. The summed E-state index contributed by atoms with van der Waals surface area (Å²) in [6.45, 7) is 24.7. The molecule has 0 saturated carbocycles. The van der Waals surface area contributed by atoms with Crippen molar-refractivity contribution in [3.05, 3.63) is 142 Å². The van der Waals surface area contributed by atoms with E-state index >= 15 is 0 Å². The summed E-state index contributed by atoms with van der Waals surface area (Å²) < 4.78 is 0. The molecule has 0 amide bonds. The Morgan fingerprint density at radius 2 is 0.733 bits per heavy atom. The molecule has 0 saturated heterocycles. The molecule has 2 nitrogen and oxygen atoms in total. The Balaban J connectivity index is 1.64. The maximum Gasteiger partial charge on any atom is 0.0520 e. The van der Waals surface area contributed by atoms with Crippen LogP contribution in [0.1, 0.15) is 80.5 Å². The minimum atomic E-state index is 0.0903. The summed E-state index contributed by atoms with van der Waals surface area (Å²) in [5.74, 6) is 0. The molecule has 45 heavy (non-hydrogen) atoms. The van der Waals surface area contributed by atoms with Gasteiger partial charge in [-0.1, -0.05) is 101 Å². The molecule has 0 bridgehead atoms. The highest BCUT2D eigenvalue weighted by molar-refractivity contribution is 5.84. The topological polar surface area (TPSA) is 6.48 Å². The van der Waals surface area contributed by atoms with Gasteiger partial charge < -0.3 is 9.80 Å². The lowest BCUT2D eigenvalue weighted by molar-refractivity contribution is 0.589. The van der Waals surface area contributed by atoms with Crippen molar-refractivity contribution in [2.75, 3.05) is 9.80 Å². The van der Waals surface area contributed by atoms with Crippen LogP contribution >= 0.6 is 0 Å². The summed E-state index contributed by atoms with van der Waals surface area (Å²) in [4.78, 5) is 4.80. The molecule has 2 heteroatoms. The predicted octanol–water partition coefficient (Wildman–Crippen LogP) is 12.8. The monoisotopic (exact) mass is 594 g/mol. The molecule has 0 radical (unpaired) electrons. The molecule has 0 atom stereocenters. The third kappa shape index (κ3) is 6.86. The first kappa shape index (κ1) is 32.1. The molecular weight excluding hydrogens is 544 g/mol. The van der Waals surface area contributed by atoms with Crippen molar-refractivity contribution >= 4 is 34.1 Å². The van der Waals surface area contributed by atoms with Crippen LogP contribution in [0.2, 0.25) is 0 Å². The van der Waals surface area contributed by atoms with Crippen LogP contribution < -0.4 is 9.80 Å². The van der Waals surface area contributed by atoms with Crippen molar-refractivity contribution in [3.8, 4) is 0 Å². The van der Waals surface area contributed by atoms with Gasteiger partial charge in [-0.15, -0.1) is 0 Å². The molecule has 0 heterocycles. The van der Waals surface area contributed by atoms with Crippen LogP contribution in [-0.2, 0) is 10.8 Å². The summed E-state index contributed by atoms with van der Waals surface area (Å²) in [6, 6.07) is 38.4. The van der Waals surface area contributed by atoms with Gasteiger partial charge in [-0.25, -0.2) is 0 Å². The third-order valence-corrected chi connectivity index (χ3v) is 8.83. The van der Waals surface area contributed by atoms with Crippen molar-refractivity contribution in [2.45, 2.75) is 87.0 Å². The zero-order valence-corrected chi connectivity index (χ0v) is 29.2.